The van der Waals surface area contributed by atoms with Crippen molar-refractivity contribution < 1.29 is 32.7 Å². The predicted octanol–water partition coefficient (Wildman–Crippen LogP) is 5.33. The van der Waals surface area contributed by atoms with Crippen LogP contribution in [0.2, 0.25) is 47.8 Å². The summed E-state index contributed by atoms with van der Waals surface area (Å²) >= 11 is 4.24. The van der Waals surface area contributed by atoms with Gasteiger partial charge in [-0.2, -0.15) is 0 Å². The summed E-state index contributed by atoms with van der Waals surface area (Å²) in [4.78, 5) is 0. The molecule has 0 aliphatic heterocycles. The molecule has 0 aromatic rings. The molecule has 0 saturated heterocycles. The maximum Gasteiger partial charge on any atom is 0.130 e. The van der Waals surface area contributed by atoms with E-state index in [0.29, 0.717) is 0 Å². The van der Waals surface area contributed by atoms with Crippen molar-refractivity contribution in [2.75, 3.05) is 0 Å². The van der Waals surface area contributed by atoms with Crippen LogP contribution in [0.4, 0.5) is 0 Å². The fourth-order valence-corrected chi connectivity index (χ4v) is 0. The first-order valence-corrected chi connectivity index (χ1v) is 10.5. The van der Waals surface area contributed by atoms with Crippen LogP contribution in [-0.2, 0) is 32.7 Å². The first kappa shape index (κ1) is 36.0. The Kier molecular flexibility index (Phi) is 141. The molecule has 83 valence electrons. The molecule has 0 bridgehead atoms. The van der Waals surface area contributed by atoms with Gasteiger partial charge in [0.2, 0.25) is 0 Å². The average Bonchev–Trinajstić information content (AvgIpc) is 1.92. The van der Waals surface area contributed by atoms with E-state index in [2.05, 4.69) is 57.7 Å². The zero-order valence-electron chi connectivity index (χ0n) is 10.5. The Balaban J connectivity index is -0.0000000149. The molecule has 0 nitrogen and oxygen atoms in total. The summed E-state index contributed by atoms with van der Waals surface area (Å²) in [5.74, 6) is 0. The molecule has 0 aliphatic carbocycles. The van der Waals surface area contributed by atoms with Crippen LogP contribution in [0.1, 0.15) is 0 Å². The standard InChI is InChI=1S/C3H9B.2C2H6B.I2.HI.Y/c1-4(2)3;2*1-3-2;1-2;;/h1-3H3;2*1-2H3;;1H;. The van der Waals surface area contributed by atoms with E-state index in [1.54, 1.807) is 0 Å². The third kappa shape index (κ3) is 267. The van der Waals surface area contributed by atoms with E-state index in [-0.39, 0.29) is 56.7 Å². The smallest absolute Gasteiger partial charge is 0.107 e. The largest absolute Gasteiger partial charge is 0.130 e. The van der Waals surface area contributed by atoms with E-state index in [1.165, 1.54) is 0 Å². The van der Waals surface area contributed by atoms with E-state index in [1.807, 2.05) is 41.9 Å². The van der Waals surface area contributed by atoms with Gasteiger partial charge in [0.15, 0.2) is 0 Å². The predicted molar refractivity (Wildman–Crippen MR) is 102 cm³/mol. The summed E-state index contributed by atoms with van der Waals surface area (Å²) in [6, 6.07) is 0. The molecule has 0 atom stereocenters. The molecule has 0 aliphatic rings. The Morgan fingerprint density at radius 2 is 0.786 bits per heavy atom. The number of halogens is 3. The second-order valence-electron chi connectivity index (χ2n) is 2.89. The van der Waals surface area contributed by atoms with Crippen LogP contribution in [0.25, 0.3) is 0 Å². The quantitative estimate of drug-likeness (QED) is 0.258. The molecule has 0 aromatic heterocycles. The molecular formula is C7H22B3I3Y. The van der Waals surface area contributed by atoms with Gasteiger partial charge >= 0.3 is 0 Å². The molecule has 0 N–H and O–H groups in total. The van der Waals surface area contributed by atoms with Gasteiger partial charge in [-0.05, 0) is 0 Å². The van der Waals surface area contributed by atoms with Crippen LogP contribution < -0.4 is 0 Å². The SMILES string of the molecule is CB(C)C.C[B]C.C[B]C.I.II.[Y]. The molecule has 0 spiro atoms. The Morgan fingerprint density at radius 1 is 0.786 bits per heavy atom. The van der Waals surface area contributed by atoms with Crippen molar-refractivity contribution >= 4 is 82.5 Å². The Labute approximate surface area is 160 Å². The minimum atomic E-state index is 0. The second kappa shape index (κ2) is 54.9. The van der Waals surface area contributed by atoms with Crippen LogP contribution >= 0.6 is 61.2 Å². The fraction of sp³-hybridized carbons (Fsp3) is 1.00. The molecule has 7 heteroatoms. The van der Waals surface area contributed by atoms with Crippen LogP contribution in [0.15, 0.2) is 0 Å². The summed E-state index contributed by atoms with van der Waals surface area (Å²) in [5.41, 5.74) is 0. The van der Waals surface area contributed by atoms with Crippen LogP contribution in [0.5, 0.6) is 0 Å². The van der Waals surface area contributed by atoms with Crippen LogP contribution in [-0.4, -0.2) is 21.3 Å². The van der Waals surface area contributed by atoms with E-state index in [4.69, 9.17) is 0 Å². The molecule has 0 aromatic carbocycles. The minimum Gasteiger partial charge on any atom is -0.107 e. The topological polar surface area (TPSA) is 0 Å². The summed E-state index contributed by atoms with van der Waals surface area (Å²) in [6.07, 6.45) is 0. The van der Waals surface area contributed by atoms with Gasteiger partial charge in [-0.1, -0.05) is 47.8 Å². The van der Waals surface area contributed by atoms with Gasteiger partial charge in [0, 0.05) is 69.9 Å². The van der Waals surface area contributed by atoms with Crippen molar-refractivity contribution in [3.8, 4) is 0 Å². The summed E-state index contributed by atoms with van der Waals surface area (Å²) < 4.78 is 0. The zero-order valence-corrected chi connectivity index (χ0v) is 20.0. The molecule has 3 radical (unpaired) electrons. The van der Waals surface area contributed by atoms with E-state index < -0.39 is 0 Å². The molecule has 0 rings (SSSR count). The number of hydrogen-bond donors (Lipinski definition) is 0. The summed E-state index contributed by atoms with van der Waals surface area (Å²) in [7, 11) is 4.00. The number of rotatable bonds is 0. The second-order valence-corrected chi connectivity index (χ2v) is 2.89. The normalized spacial score (nSPS) is 4.36. The molecular weight excluding hydrogens is 586 g/mol. The monoisotopic (exact) mass is 609 g/mol. The van der Waals surface area contributed by atoms with E-state index in [9.17, 15) is 0 Å². The Morgan fingerprint density at radius 3 is 0.786 bits per heavy atom. The maximum atomic E-state index is 2.17. The van der Waals surface area contributed by atoms with Gasteiger partial charge in [0.05, 0.1) is 0 Å². The Bertz CT molecular complexity index is 40.6. The molecule has 0 amide bonds. The fourth-order valence-electron chi connectivity index (χ4n) is 0. The van der Waals surface area contributed by atoms with Crippen molar-refractivity contribution in [1.82, 2.24) is 0 Å². The summed E-state index contributed by atoms with van der Waals surface area (Å²) in [6.45, 7) is 15.3. The first-order chi connectivity index (χ1) is 5.56. The third-order valence-electron chi connectivity index (χ3n) is 0. The van der Waals surface area contributed by atoms with Crippen molar-refractivity contribution in [1.29, 1.82) is 0 Å². The van der Waals surface area contributed by atoms with Gasteiger partial charge in [0.25, 0.3) is 0 Å². The van der Waals surface area contributed by atoms with Crippen LogP contribution in [0.3, 0.4) is 0 Å². The maximum absolute atomic E-state index is 2.17. The van der Waals surface area contributed by atoms with E-state index >= 15 is 0 Å². The number of hydrogen-bond acceptors (Lipinski definition) is 0. The third-order valence-corrected chi connectivity index (χ3v) is 0. The average molecular weight is 608 g/mol. The van der Waals surface area contributed by atoms with Crippen molar-refractivity contribution in [3.05, 3.63) is 0 Å². The molecule has 0 fully saturated rings. The summed E-state index contributed by atoms with van der Waals surface area (Å²) in [5, 5.41) is 0. The van der Waals surface area contributed by atoms with Gasteiger partial charge in [-0.25, -0.2) is 0 Å². The van der Waals surface area contributed by atoms with E-state index in [0.717, 1.165) is 6.71 Å². The molecule has 0 heterocycles. The van der Waals surface area contributed by atoms with Crippen molar-refractivity contribution in [2.45, 2.75) is 47.8 Å². The van der Waals surface area contributed by atoms with Crippen molar-refractivity contribution in [2.24, 2.45) is 0 Å². The van der Waals surface area contributed by atoms with Crippen molar-refractivity contribution in [3.63, 3.8) is 0 Å². The molecule has 14 heavy (non-hydrogen) atoms. The van der Waals surface area contributed by atoms with Crippen LogP contribution in [0, 0.1) is 0 Å². The Hall–Kier alpha value is 3.49. The first-order valence-electron chi connectivity index (χ1n) is 4.18. The van der Waals surface area contributed by atoms with Gasteiger partial charge in [-0.15, -0.1) is 24.0 Å². The molecule has 0 unspecified atom stereocenters. The molecule has 0 saturated carbocycles. The van der Waals surface area contributed by atoms with Gasteiger partial charge in [0.1, 0.15) is 21.3 Å². The van der Waals surface area contributed by atoms with Gasteiger partial charge < -0.3 is 0 Å². The van der Waals surface area contributed by atoms with Gasteiger partial charge in [-0.3, -0.25) is 0 Å². The minimum absolute atomic E-state index is 0. The zero-order chi connectivity index (χ0) is 11.0.